The quantitative estimate of drug-likeness (QED) is 0.720. The first kappa shape index (κ1) is 16.5. The Hall–Kier alpha value is -0.840. The van der Waals surface area contributed by atoms with Crippen LogP contribution in [0.1, 0.15) is 43.8 Å². The van der Waals surface area contributed by atoms with E-state index in [0.29, 0.717) is 6.04 Å². The average Bonchev–Trinajstić information content (AvgIpc) is 3.26. The number of ether oxygens (including phenoxy) is 1. The highest BCUT2D eigenvalue weighted by Crippen LogP contribution is 2.35. The molecular weight excluding hydrogens is 264 g/mol. The van der Waals surface area contributed by atoms with Gasteiger partial charge in [-0.1, -0.05) is 6.92 Å². The van der Waals surface area contributed by atoms with Gasteiger partial charge >= 0.3 is 0 Å². The van der Waals surface area contributed by atoms with Crippen LogP contribution in [0.4, 0.5) is 0 Å². The number of methoxy groups -OCH3 is 1. The maximum atomic E-state index is 5.86. The van der Waals surface area contributed by atoms with Crippen molar-refractivity contribution in [2.24, 2.45) is 5.92 Å². The summed E-state index contributed by atoms with van der Waals surface area (Å²) < 4.78 is 11.1. The van der Waals surface area contributed by atoms with Gasteiger partial charge in [-0.2, -0.15) is 0 Å². The van der Waals surface area contributed by atoms with E-state index in [-0.39, 0.29) is 0 Å². The van der Waals surface area contributed by atoms with Crippen LogP contribution >= 0.6 is 0 Å². The van der Waals surface area contributed by atoms with Crippen molar-refractivity contribution >= 4 is 0 Å². The molecule has 1 N–H and O–H groups in total. The van der Waals surface area contributed by atoms with Crippen molar-refractivity contribution in [2.45, 2.75) is 52.7 Å². The van der Waals surface area contributed by atoms with E-state index in [1.165, 1.54) is 18.4 Å². The van der Waals surface area contributed by atoms with Crippen LogP contribution in [-0.4, -0.2) is 37.7 Å². The van der Waals surface area contributed by atoms with Gasteiger partial charge in [-0.15, -0.1) is 0 Å². The van der Waals surface area contributed by atoms with E-state index >= 15 is 0 Å². The first-order chi connectivity index (χ1) is 10.2. The Morgan fingerprint density at radius 3 is 2.86 bits per heavy atom. The van der Waals surface area contributed by atoms with E-state index in [2.05, 4.69) is 37.1 Å². The Morgan fingerprint density at radius 1 is 1.48 bits per heavy atom. The van der Waals surface area contributed by atoms with Gasteiger partial charge < -0.3 is 14.5 Å². The normalized spacial score (nSPS) is 16.6. The minimum absolute atomic E-state index is 0.631. The summed E-state index contributed by atoms with van der Waals surface area (Å²) in [5.41, 5.74) is 1.31. The predicted molar refractivity (Wildman–Crippen MR) is 85.3 cm³/mol. The van der Waals surface area contributed by atoms with Gasteiger partial charge in [0.05, 0.1) is 13.2 Å². The third-order valence-electron chi connectivity index (χ3n) is 4.46. The summed E-state index contributed by atoms with van der Waals surface area (Å²) in [4.78, 5) is 2.54. The Labute approximate surface area is 128 Å². The maximum Gasteiger partial charge on any atom is 0.118 e. The van der Waals surface area contributed by atoms with Gasteiger partial charge in [-0.3, -0.25) is 4.90 Å². The third kappa shape index (κ3) is 4.83. The van der Waals surface area contributed by atoms with E-state index in [0.717, 1.165) is 50.2 Å². The molecule has 1 aromatic rings. The van der Waals surface area contributed by atoms with Crippen LogP contribution in [-0.2, 0) is 17.8 Å². The zero-order valence-corrected chi connectivity index (χ0v) is 13.9. The number of nitrogens with one attached hydrogen (secondary N) is 1. The Balaban J connectivity index is 1.99. The van der Waals surface area contributed by atoms with Gasteiger partial charge in [0.15, 0.2) is 0 Å². The zero-order chi connectivity index (χ0) is 15.2. The Kier molecular flexibility index (Phi) is 6.27. The number of nitrogens with zero attached hydrogens (tertiary/aromatic N) is 1. The second-order valence-corrected chi connectivity index (χ2v) is 6.12. The molecule has 4 heteroatoms. The van der Waals surface area contributed by atoms with Crippen molar-refractivity contribution in [2.75, 3.05) is 26.8 Å². The highest BCUT2D eigenvalue weighted by atomic mass is 16.5. The first-order valence-corrected chi connectivity index (χ1v) is 8.17. The van der Waals surface area contributed by atoms with Crippen molar-refractivity contribution in [1.82, 2.24) is 10.2 Å². The van der Waals surface area contributed by atoms with E-state index in [1.807, 2.05) is 0 Å². The molecule has 0 spiro atoms. The summed E-state index contributed by atoms with van der Waals surface area (Å²) in [5.74, 6) is 2.96. The largest absolute Gasteiger partial charge is 0.465 e. The molecule has 1 aliphatic rings. The fourth-order valence-electron chi connectivity index (χ4n) is 2.81. The molecule has 0 radical (unpaired) electrons. The van der Waals surface area contributed by atoms with Gasteiger partial charge in [0.25, 0.3) is 0 Å². The molecule has 1 atom stereocenters. The second-order valence-electron chi connectivity index (χ2n) is 6.12. The molecule has 0 amide bonds. The molecule has 120 valence electrons. The van der Waals surface area contributed by atoms with Crippen LogP contribution in [0.25, 0.3) is 0 Å². The molecule has 0 saturated heterocycles. The molecule has 1 aliphatic carbocycles. The molecule has 0 aromatic carbocycles. The third-order valence-corrected chi connectivity index (χ3v) is 4.46. The monoisotopic (exact) mass is 294 g/mol. The van der Waals surface area contributed by atoms with Gasteiger partial charge in [-0.25, -0.2) is 0 Å². The lowest BCUT2D eigenvalue weighted by molar-refractivity contribution is 0.111. The lowest BCUT2D eigenvalue weighted by atomic mass is 10.1. The van der Waals surface area contributed by atoms with E-state index in [1.54, 1.807) is 7.11 Å². The molecule has 2 rings (SSSR count). The first-order valence-electron chi connectivity index (χ1n) is 8.17. The zero-order valence-electron chi connectivity index (χ0n) is 13.9. The SMILES string of the molecule is CCNCc1cc(CN(CCOC)C(C)C2CC2)c(C)o1. The smallest absolute Gasteiger partial charge is 0.118 e. The summed E-state index contributed by atoms with van der Waals surface area (Å²) in [6, 6.07) is 2.84. The predicted octanol–water partition coefficient (Wildman–Crippen LogP) is 2.94. The van der Waals surface area contributed by atoms with Crippen LogP contribution in [0.5, 0.6) is 0 Å². The second kappa shape index (κ2) is 7.97. The van der Waals surface area contributed by atoms with E-state index in [9.17, 15) is 0 Å². The summed E-state index contributed by atoms with van der Waals surface area (Å²) >= 11 is 0. The highest BCUT2D eigenvalue weighted by Gasteiger charge is 2.32. The summed E-state index contributed by atoms with van der Waals surface area (Å²) in [6.45, 7) is 11.0. The summed E-state index contributed by atoms with van der Waals surface area (Å²) in [6.07, 6.45) is 2.75. The lowest BCUT2D eigenvalue weighted by Gasteiger charge is -2.28. The molecule has 1 saturated carbocycles. The van der Waals surface area contributed by atoms with E-state index < -0.39 is 0 Å². The Bertz CT molecular complexity index is 426. The van der Waals surface area contributed by atoms with Gasteiger partial charge in [0, 0.05) is 31.8 Å². The van der Waals surface area contributed by atoms with Crippen molar-refractivity contribution in [1.29, 1.82) is 0 Å². The van der Waals surface area contributed by atoms with Crippen molar-refractivity contribution < 1.29 is 9.15 Å². The molecule has 4 nitrogen and oxygen atoms in total. The highest BCUT2D eigenvalue weighted by molar-refractivity contribution is 5.21. The topological polar surface area (TPSA) is 37.6 Å². The average molecular weight is 294 g/mol. The summed E-state index contributed by atoms with van der Waals surface area (Å²) in [7, 11) is 1.78. The molecule has 1 heterocycles. The maximum absolute atomic E-state index is 5.86. The number of hydrogen-bond acceptors (Lipinski definition) is 4. The molecule has 0 bridgehead atoms. The van der Waals surface area contributed by atoms with Crippen LogP contribution in [0.15, 0.2) is 10.5 Å². The van der Waals surface area contributed by atoms with Crippen molar-refractivity contribution in [3.05, 3.63) is 23.2 Å². The van der Waals surface area contributed by atoms with Crippen molar-refractivity contribution in [3.63, 3.8) is 0 Å². The number of furan rings is 1. The van der Waals surface area contributed by atoms with Gasteiger partial charge in [-0.05, 0) is 45.2 Å². The van der Waals surface area contributed by atoms with E-state index in [4.69, 9.17) is 9.15 Å². The molecule has 0 aliphatic heterocycles. The van der Waals surface area contributed by atoms with Crippen LogP contribution in [0.2, 0.25) is 0 Å². The minimum Gasteiger partial charge on any atom is -0.465 e. The van der Waals surface area contributed by atoms with Gasteiger partial charge in [0.2, 0.25) is 0 Å². The molecule has 1 fully saturated rings. The molecule has 1 unspecified atom stereocenters. The standard InChI is InChI=1S/C17H30N2O2/c1-5-18-11-17-10-16(14(3)21-17)12-19(8-9-20-4)13(2)15-6-7-15/h10,13,15,18H,5-9,11-12H2,1-4H3. The number of rotatable bonds is 10. The minimum atomic E-state index is 0.631. The van der Waals surface area contributed by atoms with Crippen molar-refractivity contribution in [3.8, 4) is 0 Å². The van der Waals surface area contributed by atoms with Crippen LogP contribution in [0, 0.1) is 12.8 Å². The fourth-order valence-corrected chi connectivity index (χ4v) is 2.81. The summed E-state index contributed by atoms with van der Waals surface area (Å²) in [5, 5.41) is 3.32. The Morgan fingerprint density at radius 2 is 2.24 bits per heavy atom. The molecular formula is C17H30N2O2. The fraction of sp³-hybridized carbons (Fsp3) is 0.765. The molecule has 1 aromatic heterocycles. The number of hydrogen-bond donors (Lipinski definition) is 1. The number of aryl methyl sites for hydroxylation is 1. The molecule has 21 heavy (non-hydrogen) atoms. The van der Waals surface area contributed by atoms with Crippen LogP contribution in [0.3, 0.4) is 0 Å². The van der Waals surface area contributed by atoms with Gasteiger partial charge in [0.1, 0.15) is 11.5 Å². The van der Waals surface area contributed by atoms with Crippen LogP contribution < -0.4 is 5.32 Å². The lowest BCUT2D eigenvalue weighted by Crippen LogP contribution is -2.36.